The maximum Gasteiger partial charge on any atom is 0.0727 e. The third kappa shape index (κ3) is 2.51. The summed E-state index contributed by atoms with van der Waals surface area (Å²) < 4.78 is 0. The molecule has 1 aromatic heterocycles. The number of nitrogens with two attached hydrogens (primary N) is 1. The van der Waals surface area contributed by atoms with Gasteiger partial charge in [-0.25, -0.2) is 0 Å². The summed E-state index contributed by atoms with van der Waals surface area (Å²) in [5.41, 5.74) is 8.69. The topological polar surface area (TPSA) is 42.1 Å². The second kappa shape index (κ2) is 4.90. The molecule has 17 heavy (non-hydrogen) atoms. The second-order valence-corrected chi connectivity index (χ2v) is 4.66. The molecule has 0 aliphatic heterocycles. The number of halogens is 1. The van der Waals surface area contributed by atoms with Crippen molar-refractivity contribution < 1.29 is 0 Å². The van der Waals surface area contributed by atoms with Crippen LogP contribution in [0.1, 0.15) is 5.69 Å². The molecule has 0 amide bonds. The van der Waals surface area contributed by atoms with Gasteiger partial charge in [-0.1, -0.05) is 11.6 Å². The van der Waals surface area contributed by atoms with Crippen LogP contribution in [-0.4, -0.2) is 25.6 Å². The maximum absolute atomic E-state index is 6.03. The van der Waals surface area contributed by atoms with Crippen molar-refractivity contribution in [2.45, 2.75) is 6.42 Å². The van der Waals surface area contributed by atoms with Crippen molar-refractivity contribution in [3.8, 4) is 0 Å². The lowest BCUT2D eigenvalue weighted by molar-refractivity contribution is 0.929. The van der Waals surface area contributed by atoms with Gasteiger partial charge in [-0.2, -0.15) is 0 Å². The molecule has 4 heteroatoms. The fourth-order valence-electron chi connectivity index (χ4n) is 1.88. The zero-order valence-electron chi connectivity index (χ0n) is 10.1. The van der Waals surface area contributed by atoms with Crippen LogP contribution in [0.25, 0.3) is 10.9 Å². The summed E-state index contributed by atoms with van der Waals surface area (Å²) >= 11 is 6.03. The predicted octanol–water partition coefficient (Wildman–Crippen LogP) is 2.46. The summed E-state index contributed by atoms with van der Waals surface area (Å²) in [5.74, 6) is 0. The molecule has 0 radical (unpaired) electrons. The van der Waals surface area contributed by atoms with Crippen molar-refractivity contribution in [1.82, 2.24) is 4.98 Å². The summed E-state index contributed by atoms with van der Waals surface area (Å²) in [6.45, 7) is 0.610. The first-order valence-electron chi connectivity index (χ1n) is 5.58. The highest BCUT2D eigenvalue weighted by Crippen LogP contribution is 2.28. The summed E-state index contributed by atoms with van der Waals surface area (Å²) in [7, 11) is 4.03. The Kier molecular flexibility index (Phi) is 3.50. The Morgan fingerprint density at radius 3 is 2.71 bits per heavy atom. The average Bonchev–Trinajstić information content (AvgIpc) is 2.28. The molecule has 0 unspecified atom stereocenters. The summed E-state index contributed by atoms with van der Waals surface area (Å²) in [6.07, 6.45) is 0.791. The first-order chi connectivity index (χ1) is 8.11. The van der Waals surface area contributed by atoms with Crippen LogP contribution in [0.15, 0.2) is 24.3 Å². The molecule has 0 aliphatic carbocycles. The molecule has 3 nitrogen and oxygen atoms in total. The van der Waals surface area contributed by atoms with Gasteiger partial charge in [0.15, 0.2) is 0 Å². The van der Waals surface area contributed by atoms with Crippen molar-refractivity contribution >= 4 is 28.2 Å². The van der Waals surface area contributed by atoms with Crippen molar-refractivity contribution in [3.05, 3.63) is 35.0 Å². The fraction of sp³-hybridized carbons (Fsp3) is 0.308. The van der Waals surface area contributed by atoms with E-state index in [2.05, 4.69) is 16.0 Å². The van der Waals surface area contributed by atoms with E-state index in [4.69, 9.17) is 17.3 Å². The first-order valence-corrected chi connectivity index (χ1v) is 5.96. The van der Waals surface area contributed by atoms with E-state index in [0.717, 1.165) is 33.7 Å². The van der Waals surface area contributed by atoms with Gasteiger partial charge >= 0.3 is 0 Å². The average molecular weight is 250 g/mol. The molecule has 2 rings (SSSR count). The number of nitrogens with zero attached hydrogens (tertiary/aromatic N) is 2. The van der Waals surface area contributed by atoms with Crippen molar-refractivity contribution in [2.24, 2.45) is 5.73 Å². The third-order valence-corrected chi connectivity index (χ3v) is 2.92. The summed E-state index contributed by atoms with van der Waals surface area (Å²) in [5, 5.41) is 1.80. The van der Waals surface area contributed by atoms with E-state index in [-0.39, 0.29) is 0 Å². The monoisotopic (exact) mass is 249 g/mol. The first kappa shape index (κ1) is 12.1. The molecule has 0 bridgehead atoms. The van der Waals surface area contributed by atoms with Gasteiger partial charge in [-0.15, -0.1) is 0 Å². The molecule has 2 aromatic rings. The maximum atomic E-state index is 6.03. The smallest absolute Gasteiger partial charge is 0.0727 e. The Hall–Kier alpha value is -1.32. The van der Waals surface area contributed by atoms with Gasteiger partial charge in [0.25, 0.3) is 0 Å². The lowest BCUT2D eigenvalue weighted by Crippen LogP contribution is -2.11. The van der Waals surface area contributed by atoms with E-state index in [0.29, 0.717) is 6.54 Å². The zero-order valence-corrected chi connectivity index (χ0v) is 10.8. The number of hydrogen-bond donors (Lipinski definition) is 1. The standard InChI is InChI=1S/C13H16ClN3/c1-17(2)13-8-10(5-6-15)16-12-4-3-9(14)7-11(12)13/h3-4,7-8H,5-6,15H2,1-2H3. The van der Waals surface area contributed by atoms with Crippen LogP contribution in [0.4, 0.5) is 5.69 Å². The number of hydrogen-bond acceptors (Lipinski definition) is 3. The molecule has 0 atom stereocenters. The predicted molar refractivity (Wildman–Crippen MR) is 73.8 cm³/mol. The van der Waals surface area contributed by atoms with Gasteiger partial charge in [0, 0.05) is 42.3 Å². The number of benzene rings is 1. The fourth-order valence-corrected chi connectivity index (χ4v) is 2.05. The van der Waals surface area contributed by atoms with Crippen molar-refractivity contribution in [2.75, 3.05) is 25.5 Å². The minimum absolute atomic E-state index is 0.610. The molecule has 0 saturated heterocycles. The van der Waals surface area contributed by atoms with E-state index < -0.39 is 0 Å². The van der Waals surface area contributed by atoms with Gasteiger partial charge < -0.3 is 10.6 Å². The Labute approximate surface area is 106 Å². The van der Waals surface area contributed by atoms with Crippen LogP contribution >= 0.6 is 11.6 Å². The van der Waals surface area contributed by atoms with E-state index in [1.807, 2.05) is 32.3 Å². The Morgan fingerprint density at radius 1 is 1.29 bits per heavy atom. The number of fused-ring (bicyclic) bond motifs is 1. The molecule has 0 saturated carbocycles. The van der Waals surface area contributed by atoms with Crippen LogP contribution < -0.4 is 10.6 Å². The zero-order chi connectivity index (χ0) is 12.4. The lowest BCUT2D eigenvalue weighted by Gasteiger charge is -2.16. The minimum Gasteiger partial charge on any atom is -0.377 e. The van der Waals surface area contributed by atoms with Crippen molar-refractivity contribution in [3.63, 3.8) is 0 Å². The molecule has 0 aliphatic rings. The van der Waals surface area contributed by atoms with Gasteiger partial charge in [0.1, 0.15) is 0 Å². The number of pyridine rings is 1. The van der Waals surface area contributed by atoms with E-state index in [1.165, 1.54) is 0 Å². The normalized spacial score (nSPS) is 10.8. The third-order valence-electron chi connectivity index (χ3n) is 2.68. The van der Waals surface area contributed by atoms with Gasteiger partial charge in [0.2, 0.25) is 0 Å². The molecule has 0 spiro atoms. The number of anilines is 1. The molecule has 2 N–H and O–H groups in total. The molecule has 0 fully saturated rings. The highest BCUT2D eigenvalue weighted by atomic mass is 35.5. The molecule has 90 valence electrons. The molecular weight excluding hydrogens is 234 g/mol. The highest BCUT2D eigenvalue weighted by molar-refractivity contribution is 6.31. The van der Waals surface area contributed by atoms with E-state index >= 15 is 0 Å². The Bertz CT molecular complexity index is 537. The largest absolute Gasteiger partial charge is 0.377 e. The van der Waals surface area contributed by atoms with Crippen LogP contribution in [0.2, 0.25) is 5.02 Å². The molecule has 1 aromatic carbocycles. The second-order valence-electron chi connectivity index (χ2n) is 4.23. The lowest BCUT2D eigenvalue weighted by atomic mass is 10.1. The van der Waals surface area contributed by atoms with E-state index in [9.17, 15) is 0 Å². The van der Waals surface area contributed by atoms with Crippen LogP contribution in [0, 0.1) is 0 Å². The van der Waals surface area contributed by atoms with Crippen molar-refractivity contribution in [1.29, 1.82) is 0 Å². The van der Waals surface area contributed by atoms with Crippen LogP contribution in [0.5, 0.6) is 0 Å². The van der Waals surface area contributed by atoms with E-state index in [1.54, 1.807) is 0 Å². The van der Waals surface area contributed by atoms with Gasteiger partial charge in [-0.3, -0.25) is 4.98 Å². The number of aromatic nitrogens is 1. The number of rotatable bonds is 3. The van der Waals surface area contributed by atoms with Gasteiger partial charge in [-0.05, 0) is 30.8 Å². The SMILES string of the molecule is CN(C)c1cc(CCN)nc2ccc(Cl)cc12. The highest BCUT2D eigenvalue weighted by Gasteiger charge is 2.07. The minimum atomic E-state index is 0.610. The quantitative estimate of drug-likeness (QED) is 0.909. The summed E-state index contributed by atoms with van der Waals surface area (Å²) in [4.78, 5) is 6.65. The molecular formula is C13H16ClN3. The Balaban J connectivity index is 2.67. The Morgan fingerprint density at radius 2 is 2.06 bits per heavy atom. The van der Waals surface area contributed by atoms with Crippen LogP contribution in [0.3, 0.4) is 0 Å². The van der Waals surface area contributed by atoms with Gasteiger partial charge in [0.05, 0.1) is 5.52 Å². The molecule has 1 heterocycles. The van der Waals surface area contributed by atoms with Crippen LogP contribution in [-0.2, 0) is 6.42 Å². The summed E-state index contributed by atoms with van der Waals surface area (Å²) in [6, 6.07) is 7.84.